The predicted octanol–water partition coefficient (Wildman–Crippen LogP) is 2.99. The molecular formula is C15H24BrNO3. The normalized spacial score (nSPS) is 12.7. The molecule has 114 valence electrons. The Labute approximate surface area is 129 Å². The zero-order valence-corrected chi connectivity index (χ0v) is 14.2. The van der Waals surface area contributed by atoms with E-state index in [-0.39, 0.29) is 12.3 Å². The van der Waals surface area contributed by atoms with Gasteiger partial charge in [-0.2, -0.15) is 0 Å². The molecule has 0 amide bonds. The van der Waals surface area contributed by atoms with Crippen LogP contribution in [0.4, 0.5) is 0 Å². The van der Waals surface area contributed by atoms with Gasteiger partial charge in [0.2, 0.25) is 0 Å². The third-order valence-electron chi connectivity index (χ3n) is 3.04. The summed E-state index contributed by atoms with van der Waals surface area (Å²) < 4.78 is 17.8. The van der Waals surface area contributed by atoms with E-state index in [0.29, 0.717) is 13.2 Å². The van der Waals surface area contributed by atoms with Crippen LogP contribution in [0.15, 0.2) is 22.7 Å². The average molecular weight is 346 g/mol. The van der Waals surface area contributed by atoms with Crippen molar-refractivity contribution in [2.45, 2.75) is 32.6 Å². The van der Waals surface area contributed by atoms with Crippen LogP contribution in [0.2, 0.25) is 0 Å². The van der Waals surface area contributed by atoms with Gasteiger partial charge in [0, 0.05) is 17.7 Å². The van der Waals surface area contributed by atoms with E-state index in [1.165, 1.54) is 0 Å². The van der Waals surface area contributed by atoms with Gasteiger partial charge in [-0.3, -0.25) is 0 Å². The summed E-state index contributed by atoms with van der Waals surface area (Å²) in [6.45, 7) is 5.19. The largest absolute Gasteiger partial charge is 0.496 e. The van der Waals surface area contributed by atoms with Crippen molar-refractivity contribution in [3.63, 3.8) is 0 Å². The molecule has 1 N–H and O–H groups in total. The molecule has 0 heterocycles. The van der Waals surface area contributed by atoms with Crippen LogP contribution >= 0.6 is 15.9 Å². The Hall–Kier alpha value is -0.620. The van der Waals surface area contributed by atoms with Gasteiger partial charge in [-0.15, -0.1) is 0 Å². The number of ether oxygens (including phenoxy) is 3. The van der Waals surface area contributed by atoms with E-state index in [4.69, 9.17) is 14.2 Å². The van der Waals surface area contributed by atoms with Crippen molar-refractivity contribution in [3.05, 3.63) is 28.2 Å². The first-order valence-corrected chi connectivity index (χ1v) is 7.68. The Morgan fingerprint density at radius 3 is 2.35 bits per heavy atom. The van der Waals surface area contributed by atoms with Gasteiger partial charge in [-0.05, 0) is 51.1 Å². The molecule has 4 nitrogen and oxygen atoms in total. The van der Waals surface area contributed by atoms with Gasteiger partial charge in [-0.1, -0.05) is 15.9 Å². The molecule has 1 aromatic rings. The van der Waals surface area contributed by atoms with Gasteiger partial charge < -0.3 is 19.5 Å². The van der Waals surface area contributed by atoms with Gasteiger partial charge >= 0.3 is 0 Å². The van der Waals surface area contributed by atoms with Crippen molar-refractivity contribution in [2.24, 2.45) is 0 Å². The quantitative estimate of drug-likeness (QED) is 0.698. The number of likely N-dealkylation sites (N-methyl/N-ethyl adjacent to an activating group) is 1. The molecule has 0 fully saturated rings. The maximum atomic E-state index is 5.67. The molecule has 0 aliphatic heterocycles. The first kappa shape index (κ1) is 17.4. The van der Waals surface area contributed by atoms with Crippen LogP contribution in [0.5, 0.6) is 5.75 Å². The Morgan fingerprint density at radius 2 is 1.85 bits per heavy atom. The van der Waals surface area contributed by atoms with Crippen molar-refractivity contribution in [1.29, 1.82) is 0 Å². The van der Waals surface area contributed by atoms with Crippen molar-refractivity contribution in [1.82, 2.24) is 5.32 Å². The zero-order chi connectivity index (χ0) is 15.0. The molecule has 0 aromatic heterocycles. The van der Waals surface area contributed by atoms with E-state index in [2.05, 4.69) is 27.3 Å². The Morgan fingerprint density at radius 1 is 1.20 bits per heavy atom. The first-order chi connectivity index (χ1) is 9.65. The lowest BCUT2D eigenvalue weighted by Gasteiger charge is -2.27. The highest BCUT2D eigenvalue weighted by atomic mass is 79.9. The number of halogens is 1. The van der Waals surface area contributed by atoms with Crippen molar-refractivity contribution in [2.75, 3.05) is 27.4 Å². The van der Waals surface area contributed by atoms with Crippen LogP contribution in [0.3, 0.4) is 0 Å². The highest BCUT2D eigenvalue weighted by molar-refractivity contribution is 9.10. The SMILES string of the molecule is CCOC(OCC)C(Cc1cc(Br)ccc1OC)NC. The van der Waals surface area contributed by atoms with E-state index in [0.717, 1.165) is 22.2 Å². The number of hydrogen-bond donors (Lipinski definition) is 1. The number of methoxy groups -OCH3 is 1. The lowest BCUT2D eigenvalue weighted by Crippen LogP contribution is -2.43. The second kappa shape index (κ2) is 9.34. The van der Waals surface area contributed by atoms with E-state index in [9.17, 15) is 0 Å². The third kappa shape index (κ3) is 5.05. The fourth-order valence-electron chi connectivity index (χ4n) is 2.09. The van der Waals surface area contributed by atoms with Crippen molar-refractivity contribution in [3.8, 4) is 5.75 Å². The lowest BCUT2D eigenvalue weighted by molar-refractivity contribution is -0.152. The summed E-state index contributed by atoms with van der Waals surface area (Å²) in [6.07, 6.45) is 0.503. The molecule has 0 aliphatic carbocycles. The van der Waals surface area contributed by atoms with E-state index >= 15 is 0 Å². The van der Waals surface area contributed by atoms with Crippen LogP contribution in [0.25, 0.3) is 0 Å². The number of hydrogen-bond acceptors (Lipinski definition) is 4. The van der Waals surface area contributed by atoms with Crippen LogP contribution < -0.4 is 10.1 Å². The molecule has 0 bridgehead atoms. The fourth-order valence-corrected chi connectivity index (χ4v) is 2.50. The van der Waals surface area contributed by atoms with Crippen LogP contribution in [-0.2, 0) is 15.9 Å². The monoisotopic (exact) mass is 345 g/mol. The van der Waals surface area contributed by atoms with E-state index < -0.39 is 0 Å². The average Bonchev–Trinajstić information content (AvgIpc) is 2.45. The molecule has 1 atom stereocenters. The standard InChI is InChI=1S/C15H24BrNO3/c1-5-19-15(20-6-2)13(17-3)10-11-9-12(16)7-8-14(11)18-4/h7-9,13,15,17H,5-6,10H2,1-4H3. The number of rotatable bonds is 9. The topological polar surface area (TPSA) is 39.7 Å². The lowest BCUT2D eigenvalue weighted by atomic mass is 10.0. The highest BCUT2D eigenvalue weighted by Crippen LogP contribution is 2.25. The van der Waals surface area contributed by atoms with Crippen LogP contribution in [-0.4, -0.2) is 39.7 Å². The molecule has 0 aliphatic rings. The second-order valence-electron chi connectivity index (χ2n) is 4.33. The molecule has 5 heteroatoms. The molecule has 0 radical (unpaired) electrons. The molecule has 1 aromatic carbocycles. The summed E-state index contributed by atoms with van der Waals surface area (Å²) in [7, 11) is 3.60. The van der Waals surface area contributed by atoms with Gasteiger partial charge in [0.25, 0.3) is 0 Å². The van der Waals surface area contributed by atoms with Gasteiger partial charge in [-0.25, -0.2) is 0 Å². The Kier molecular flexibility index (Phi) is 8.14. The molecule has 0 saturated heterocycles. The van der Waals surface area contributed by atoms with Crippen LogP contribution in [0.1, 0.15) is 19.4 Å². The van der Waals surface area contributed by atoms with Crippen molar-refractivity contribution >= 4 is 15.9 Å². The van der Waals surface area contributed by atoms with E-state index in [1.54, 1.807) is 7.11 Å². The minimum Gasteiger partial charge on any atom is -0.496 e. The summed E-state index contributed by atoms with van der Waals surface area (Å²) in [5.41, 5.74) is 1.12. The Bertz CT molecular complexity index is 395. The minimum atomic E-state index is -0.265. The van der Waals surface area contributed by atoms with Gasteiger partial charge in [0.05, 0.1) is 13.2 Å². The van der Waals surface area contributed by atoms with E-state index in [1.807, 2.05) is 33.0 Å². The summed E-state index contributed by atoms with van der Waals surface area (Å²) in [4.78, 5) is 0. The van der Waals surface area contributed by atoms with Crippen LogP contribution in [0, 0.1) is 0 Å². The number of benzene rings is 1. The summed E-state index contributed by atoms with van der Waals surface area (Å²) in [5, 5.41) is 3.27. The van der Waals surface area contributed by atoms with Gasteiger partial charge in [0.15, 0.2) is 6.29 Å². The summed E-state index contributed by atoms with van der Waals surface area (Å²) in [6, 6.07) is 6.07. The third-order valence-corrected chi connectivity index (χ3v) is 3.54. The maximum absolute atomic E-state index is 5.67. The second-order valence-corrected chi connectivity index (χ2v) is 5.25. The van der Waals surface area contributed by atoms with Gasteiger partial charge in [0.1, 0.15) is 5.75 Å². The summed E-state index contributed by atoms with van der Waals surface area (Å²) in [5.74, 6) is 0.875. The summed E-state index contributed by atoms with van der Waals surface area (Å²) >= 11 is 3.50. The predicted molar refractivity (Wildman–Crippen MR) is 84.3 cm³/mol. The molecular weight excluding hydrogens is 322 g/mol. The molecule has 1 rings (SSSR count). The molecule has 0 spiro atoms. The molecule has 0 saturated carbocycles. The Balaban J connectivity index is 2.88. The maximum Gasteiger partial charge on any atom is 0.172 e. The zero-order valence-electron chi connectivity index (χ0n) is 12.6. The number of nitrogens with one attached hydrogen (secondary N) is 1. The minimum absolute atomic E-state index is 0.0677. The fraction of sp³-hybridized carbons (Fsp3) is 0.600. The van der Waals surface area contributed by atoms with Crippen molar-refractivity contribution < 1.29 is 14.2 Å². The highest BCUT2D eigenvalue weighted by Gasteiger charge is 2.22. The molecule has 20 heavy (non-hydrogen) atoms. The molecule has 1 unspecified atom stereocenters. The smallest absolute Gasteiger partial charge is 0.172 e. The first-order valence-electron chi connectivity index (χ1n) is 6.89.